The van der Waals surface area contributed by atoms with Crippen molar-refractivity contribution >= 4 is 6.29 Å². The normalized spacial score (nSPS) is 10.7. The molecule has 0 saturated heterocycles. The van der Waals surface area contributed by atoms with Crippen LogP contribution in [0.2, 0.25) is 0 Å². The Morgan fingerprint density at radius 3 is 2.50 bits per heavy atom. The van der Waals surface area contributed by atoms with Crippen molar-refractivity contribution in [1.82, 2.24) is 4.98 Å². The SMILES string of the molecule is CC(C)(C)c1ccc(C#N)c(C=O)n1. The standard InChI is InChI=1S/C11H12N2O/c1-11(2,3)10-5-4-8(6-12)9(7-14)13-10/h4-5,7H,1-3H3. The molecule has 0 radical (unpaired) electrons. The van der Waals surface area contributed by atoms with E-state index in [0.29, 0.717) is 11.8 Å². The highest BCUT2D eigenvalue weighted by molar-refractivity contribution is 5.76. The average molecular weight is 188 g/mol. The minimum atomic E-state index is -0.105. The Hall–Kier alpha value is -1.69. The lowest BCUT2D eigenvalue weighted by atomic mass is 9.91. The third kappa shape index (κ3) is 1.97. The van der Waals surface area contributed by atoms with Crippen LogP contribution in [0.4, 0.5) is 0 Å². The fraction of sp³-hybridized carbons (Fsp3) is 0.364. The summed E-state index contributed by atoms with van der Waals surface area (Å²) in [6.45, 7) is 6.03. The van der Waals surface area contributed by atoms with Gasteiger partial charge < -0.3 is 0 Å². The zero-order valence-corrected chi connectivity index (χ0v) is 8.53. The van der Waals surface area contributed by atoms with Crippen LogP contribution in [0.1, 0.15) is 42.5 Å². The maximum absolute atomic E-state index is 10.7. The van der Waals surface area contributed by atoms with E-state index in [1.165, 1.54) is 0 Å². The van der Waals surface area contributed by atoms with Gasteiger partial charge in [-0.3, -0.25) is 4.79 Å². The Morgan fingerprint density at radius 1 is 1.43 bits per heavy atom. The molecule has 0 aliphatic rings. The first-order valence-electron chi connectivity index (χ1n) is 4.36. The van der Waals surface area contributed by atoms with Gasteiger partial charge in [0.25, 0.3) is 0 Å². The molecule has 14 heavy (non-hydrogen) atoms. The van der Waals surface area contributed by atoms with Crippen LogP contribution in [-0.2, 0) is 5.41 Å². The minimum absolute atomic E-state index is 0.105. The number of carbonyl (C=O) groups is 1. The van der Waals surface area contributed by atoms with Gasteiger partial charge in [-0.25, -0.2) is 4.98 Å². The third-order valence-electron chi connectivity index (χ3n) is 1.93. The first-order valence-corrected chi connectivity index (χ1v) is 4.36. The van der Waals surface area contributed by atoms with Gasteiger partial charge in [0, 0.05) is 11.1 Å². The van der Waals surface area contributed by atoms with Crippen molar-refractivity contribution in [1.29, 1.82) is 5.26 Å². The molecule has 0 bridgehead atoms. The lowest BCUT2D eigenvalue weighted by molar-refractivity contribution is 0.111. The molecule has 0 aliphatic heterocycles. The van der Waals surface area contributed by atoms with Crippen molar-refractivity contribution in [3.8, 4) is 6.07 Å². The molecule has 0 fully saturated rings. The molecule has 1 heterocycles. The number of rotatable bonds is 1. The summed E-state index contributed by atoms with van der Waals surface area (Å²) in [6, 6.07) is 5.35. The third-order valence-corrected chi connectivity index (χ3v) is 1.93. The fourth-order valence-electron chi connectivity index (χ4n) is 1.08. The van der Waals surface area contributed by atoms with E-state index in [1.807, 2.05) is 26.8 Å². The van der Waals surface area contributed by atoms with Crippen molar-refractivity contribution in [3.63, 3.8) is 0 Å². The van der Waals surface area contributed by atoms with Crippen LogP contribution in [0.3, 0.4) is 0 Å². The Labute approximate surface area is 83.4 Å². The molecule has 0 unspecified atom stereocenters. The Kier molecular flexibility index (Phi) is 2.66. The number of hydrogen-bond acceptors (Lipinski definition) is 3. The summed E-state index contributed by atoms with van der Waals surface area (Å²) >= 11 is 0. The summed E-state index contributed by atoms with van der Waals surface area (Å²) in [7, 11) is 0. The number of aromatic nitrogens is 1. The van der Waals surface area contributed by atoms with Crippen LogP contribution < -0.4 is 0 Å². The number of aldehydes is 1. The van der Waals surface area contributed by atoms with E-state index in [4.69, 9.17) is 5.26 Å². The monoisotopic (exact) mass is 188 g/mol. The Balaban J connectivity index is 3.30. The van der Waals surface area contributed by atoms with Crippen LogP contribution in [0.15, 0.2) is 12.1 Å². The van der Waals surface area contributed by atoms with Gasteiger partial charge in [0.1, 0.15) is 11.8 Å². The molecule has 0 N–H and O–H groups in total. The Bertz CT molecular complexity index is 397. The molecule has 3 nitrogen and oxygen atoms in total. The van der Waals surface area contributed by atoms with Gasteiger partial charge in [0.2, 0.25) is 0 Å². The van der Waals surface area contributed by atoms with Crippen LogP contribution in [-0.4, -0.2) is 11.3 Å². The maximum atomic E-state index is 10.7. The van der Waals surface area contributed by atoms with Crippen LogP contribution in [0, 0.1) is 11.3 Å². The summed E-state index contributed by atoms with van der Waals surface area (Å²) in [4.78, 5) is 14.8. The topological polar surface area (TPSA) is 53.8 Å². The van der Waals surface area contributed by atoms with Gasteiger partial charge >= 0.3 is 0 Å². The van der Waals surface area contributed by atoms with E-state index >= 15 is 0 Å². The molecule has 0 atom stereocenters. The van der Waals surface area contributed by atoms with Gasteiger partial charge in [-0.2, -0.15) is 5.26 Å². The zero-order chi connectivity index (χ0) is 10.8. The van der Waals surface area contributed by atoms with Gasteiger partial charge in [-0.05, 0) is 12.1 Å². The molecule has 0 aliphatic carbocycles. The maximum Gasteiger partial charge on any atom is 0.169 e. The lowest BCUT2D eigenvalue weighted by Gasteiger charge is -2.17. The zero-order valence-electron chi connectivity index (χ0n) is 8.53. The van der Waals surface area contributed by atoms with Crippen molar-refractivity contribution in [2.45, 2.75) is 26.2 Å². The van der Waals surface area contributed by atoms with Gasteiger partial charge in [0.15, 0.2) is 6.29 Å². The van der Waals surface area contributed by atoms with E-state index in [-0.39, 0.29) is 11.1 Å². The number of carbonyl (C=O) groups excluding carboxylic acids is 1. The van der Waals surface area contributed by atoms with E-state index in [2.05, 4.69) is 4.98 Å². The fourth-order valence-corrected chi connectivity index (χ4v) is 1.08. The van der Waals surface area contributed by atoms with E-state index in [1.54, 1.807) is 12.1 Å². The molecule has 3 heteroatoms. The second kappa shape index (κ2) is 3.59. The van der Waals surface area contributed by atoms with Crippen molar-refractivity contribution < 1.29 is 4.79 Å². The molecule has 1 aromatic rings. The smallest absolute Gasteiger partial charge is 0.169 e. The lowest BCUT2D eigenvalue weighted by Crippen LogP contribution is -2.14. The number of pyridine rings is 1. The summed E-state index contributed by atoms with van der Waals surface area (Å²) < 4.78 is 0. The summed E-state index contributed by atoms with van der Waals surface area (Å²) in [5, 5.41) is 8.69. The molecule has 0 aromatic carbocycles. The molecule has 72 valence electrons. The summed E-state index contributed by atoms with van der Waals surface area (Å²) in [5.41, 5.74) is 1.26. The number of hydrogen-bond donors (Lipinski definition) is 0. The van der Waals surface area contributed by atoms with E-state index in [0.717, 1.165) is 5.69 Å². The average Bonchev–Trinajstić information content (AvgIpc) is 2.15. The molecule has 0 saturated carbocycles. The largest absolute Gasteiger partial charge is 0.296 e. The van der Waals surface area contributed by atoms with Crippen LogP contribution >= 0.6 is 0 Å². The van der Waals surface area contributed by atoms with Crippen LogP contribution in [0.25, 0.3) is 0 Å². The number of nitriles is 1. The highest BCUT2D eigenvalue weighted by atomic mass is 16.1. The minimum Gasteiger partial charge on any atom is -0.296 e. The first-order chi connectivity index (χ1) is 6.49. The van der Waals surface area contributed by atoms with E-state index in [9.17, 15) is 4.79 Å². The summed E-state index contributed by atoms with van der Waals surface area (Å²) in [5.74, 6) is 0. The second-order valence-corrected chi connectivity index (χ2v) is 4.11. The molecular weight excluding hydrogens is 176 g/mol. The van der Waals surface area contributed by atoms with Crippen molar-refractivity contribution in [2.24, 2.45) is 0 Å². The van der Waals surface area contributed by atoms with Gasteiger partial charge in [-0.1, -0.05) is 20.8 Å². The molecule has 1 rings (SSSR count). The molecule has 0 amide bonds. The predicted octanol–water partition coefficient (Wildman–Crippen LogP) is 2.06. The highest BCUT2D eigenvalue weighted by Gasteiger charge is 2.16. The highest BCUT2D eigenvalue weighted by Crippen LogP contribution is 2.20. The summed E-state index contributed by atoms with van der Waals surface area (Å²) in [6.07, 6.45) is 0.619. The number of nitrogens with zero attached hydrogens (tertiary/aromatic N) is 2. The van der Waals surface area contributed by atoms with Gasteiger partial charge in [0.05, 0.1) is 5.56 Å². The van der Waals surface area contributed by atoms with E-state index < -0.39 is 0 Å². The molecule has 1 aromatic heterocycles. The second-order valence-electron chi connectivity index (χ2n) is 4.11. The van der Waals surface area contributed by atoms with Gasteiger partial charge in [-0.15, -0.1) is 0 Å². The Morgan fingerprint density at radius 2 is 2.07 bits per heavy atom. The predicted molar refractivity (Wildman–Crippen MR) is 53.0 cm³/mol. The first kappa shape index (κ1) is 10.4. The van der Waals surface area contributed by atoms with Crippen LogP contribution in [0.5, 0.6) is 0 Å². The van der Waals surface area contributed by atoms with Crippen molar-refractivity contribution in [2.75, 3.05) is 0 Å². The molecular formula is C11H12N2O. The van der Waals surface area contributed by atoms with Crippen molar-refractivity contribution in [3.05, 3.63) is 29.1 Å². The quantitative estimate of drug-likeness (QED) is 0.634. The molecule has 0 spiro atoms.